The SMILES string of the molecule is O=C(NN1CCCNC1=O)c1coc(C2CC2)n1. The number of carbonyl (C=O) groups excluding carboxylic acids is 2. The van der Waals surface area contributed by atoms with Crippen LogP contribution in [0.1, 0.15) is 41.6 Å². The topological polar surface area (TPSA) is 87.5 Å². The van der Waals surface area contributed by atoms with Crippen molar-refractivity contribution < 1.29 is 14.0 Å². The van der Waals surface area contributed by atoms with Gasteiger partial charge in [0.25, 0.3) is 5.91 Å². The molecule has 18 heavy (non-hydrogen) atoms. The van der Waals surface area contributed by atoms with Crippen molar-refractivity contribution >= 4 is 11.9 Å². The number of aromatic nitrogens is 1. The normalized spacial score (nSPS) is 19.6. The van der Waals surface area contributed by atoms with Crippen LogP contribution in [-0.2, 0) is 0 Å². The minimum atomic E-state index is -0.414. The number of hydrogen-bond acceptors (Lipinski definition) is 4. The maximum absolute atomic E-state index is 11.9. The standard InChI is InChI=1S/C11H14N4O3/c16-9(14-15-5-1-4-12-11(15)17)8-6-18-10(13-8)7-2-3-7/h6-7H,1-5H2,(H,12,17)(H,14,16). The predicted molar refractivity (Wildman–Crippen MR) is 60.7 cm³/mol. The van der Waals surface area contributed by atoms with Gasteiger partial charge in [-0.05, 0) is 19.3 Å². The van der Waals surface area contributed by atoms with Crippen molar-refractivity contribution in [1.29, 1.82) is 0 Å². The summed E-state index contributed by atoms with van der Waals surface area (Å²) >= 11 is 0. The largest absolute Gasteiger partial charge is 0.448 e. The third kappa shape index (κ3) is 2.15. The zero-order valence-corrected chi connectivity index (χ0v) is 9.81. The second kappa shape index (κ2) is 4.32. The van der Waals surface area contributed by atoms with Gasteiger partial charge in [-0.3, -0.25) is 10.2 Å². The van der Waals surface area contributed by atoms with Gasteiger partial charge in [-0.1, -0.05) is 0 Å². The van der Waals surface area contributed by atoms with Crippen molar-refractivity contribution in [3.63, 3.8) is 0 Å². The maximum Gasteiger partial charge on any atom is 0.336 e. The second-order valence-electron chi connectivity index (χ2n) is 4.52. The van der Waals surface area contributed by atoms with Crippen LogP contribution in [0.15, 0.2) is 10.7 Å². The molecule has 1 aliphatic heterocycles. The Balaban J connectivity index is 1.64. The molecule has 0 radical (unpaired) electrons. The van der Waals surface area contributed by atoms with Crippen LogP contribution in [0.5, 0.6) is 0 Å². The highest BCUT2D eigenvalue weighted by Gasteiger charge is 2.30. The number of amides is 3. The average molecular weight is 250 g/mol. The van der Waals surface area contributed by atoms with E-state index < -0.39 is 5.91 Å². The van der Waals surface area contributed by atoms with Crippen molar-refractivity contribution in [2.75, 3.05) is 13.1 Å². The number of urea groups is 1. The third-order valence-electron chi connectivity index (χ3n) is 3.00. The Labute approximate surface area is 104 Å². The fourth-order valence-corrected chi connectivity index (χ4v) is 1.83. The molecule has 3 rings (SSSR count). The van der Waals surface area contributed by atoms with Crippen molar-refractivity contribution in [3.05, 3.63) is 17.8 Å². The minimum Gasteiger partial charge on any atom is -0.448 e. The van der Waals surface area contributed by atoms with Crippen LogP contribution in [-0.4, -0.2) is 35.0 Å². The smallest absolute Gasteiger partial charge is 0.336 e. The Hall–Kier alpha value is -2.05. The fraction of sp³-hybridized carbons (Fsp3) is 0.545. The number of carbonyl (C=O) groups is 2. The lowest BCUT2D eigenvalue weighted by Gasteiger charge is -2.26. The van der Waals surface area contributed by atoms with Gasteiger partial charge in [0.2, 0.25) is 0 Å². The molecule has 2 aliphatic rings. The summed E-state index contributed by atoms with van der Waals surface area (Å²) in [5, 5.41) is 3.91. The molecule has 1 saturated heterocycles. The van der Waals surface area contributed by atoms with E-state index in [4.69, 9.17) is 4.42 Å². The van der Waals surface area contributed by atoms with Crippen LogP contribution >= 0.6 is 0 Å². The zero-order valence-electron chi connectivity index (χ0n) is 9.81. The predicted octanol–water partition coefficient (Wildman–Crippen LogP) is 0.612. The van der Waals surface area contributed by atoms with Gasteiger partial charge in [-0.25, -0.2) is 14.8 Å². The first-order chi connectivity index (χ1) is 8.74. The van der Waals surface area contributed by atoms with E-state index in [1.165, 1.54) is 11.3 Å². The van der Waals surface area contributed by atoms with Gasteiger partial charge in [0, 0.05) is 19.0 Å². The van der Waals surface area contributed by atoms with E-state index in [-0.39, 0.29) is 11.7 Å². The molecule has 2 fully saturated rings. The highest BCUT2D eigenvalue weighted by molar-refractivity contribution is 5.93. The van der Waals surface area contributed by atoms with Crippen molar-refractivity contribution in [1.82, 2.24) is 20.7 Å². The lowest BCUT2D eigenvalue weighted by Crippen LogP contribution is -2.54. The number of hydrazine groups is 1. The number of oxazole rings is 1. The van der Waals surface area contributed by atoms with Crippen molar-refractivity contribution in [2.45, 2.75) is 25.2 Å². The monoisotopic (exact) mass is 250 g/mol. The summed E-state index contributed by atoms with van der Waals surface area (Å²) in [6.07, 6.45) is 4.27. The number of nitrogens with one attached hydrogen (secondary N) is 2. The van der Waals surface area contributed by atoms with Gasteiger partial charge < -0.3 is 9.73 Å². The molecule has 7 nitrogen and oxygen atoms in total. The van der Waals surface area contributed by atoms with E-state index in [9.17, 15) is 9.59 Å². The molecule has 7 heteroatoms. The molecule has 0 spiro atoms. The first-order valence-electron chi connectivity index (χ1n) is 6.06. The Morgan fingerprint density at radius 2 is 2.39 bits per heavy atom. The molecular weight excluding hydrogens is 236 g/mol. The van der Waals surface area contributed by atoms with Gasteiger partial charge >= 0.3 is 6.03 Å². The third-order valence-corrected chi connectivity index (χ3v) is 3.00. The van der Waals surface area contributed by atoms with Crippen LogP contribution in [0.3, 0.4) is 0 Å². The van der Waals surface area contributed by atoms with E-state index in [0.29, 0.717) is 24.9 Å². The number of hydrogen-bond donors (Lipinski definition) is 2. The fourth-order valence-electron chi connectivity index (χ4n) is 1.83. The van der Waals surface area contributed by atoms with Crippen LogP contribution in [0.2, 0.25) is 0 Å². The Bertz CT molecular complexity index is 480. The molecule has 0 atom stereocenters. The lowest BCUT2D eigenvalue weighted by molar-refractivity contribution is 0.0803. The molecule has 0 aromatic carbocycles. The molecule has 0 unspecified atom stereocenters. The summed E-state index contributed by atoms with van der Waals surface area (Å²) in [6, 6.07) is -0.291. The summed E-state index contributed by atoms with van der Waals surface area (Å²) in [5.74, 6) is 0.566. The Morgan fingerprint density at radius 1 is 1.56 bits per heavy atom. The van der Waals surface area contributed by atoms with Gasteiger partial charge in [0.15, 0.2) is 11.6 Å². The van der Waals surface area contributed by atoms with Crippen molar-refractivity contribution in [2.24, 2.45) is 0 Å². The van der Waals surface area contributed by atoms with Gasteiger partial charge in [0.05, 0.1) is 0 Å². The highest BCUT2D eigenvalue weighted by Crippen LogP contribution is 2.39. The second-order valence-corrected chi connectivity index (χ2v) is 4.52. The van der Waals surface area contributed by atoms with Gasteiger partial charge in [-0.15, -0.1) is 0 Å². The average Bonchev–Trinajstić information content (AvgIpc) is 3.10. The molecule has 1 aliphatic carbocycles. The minimum absolute atomic E-state index is 0.218. The molecule has 1 saturated carbocycles. The molecule has 1 aromatic heterocycles. The van der Waals surface area contributed by atoms with E-state index in [2.05, 4.69) is 15.7 Å². The van der Waals surface area contributed by atoms with Crippen molar-refractivity contribution in [3.8, 4) is 0 Å². The quantitative estimate of drug-likeness (QED) is 0.822. The Kier molecular flexibility index (Phi) is 2.66. The zero-order chi connectivity index (χ0) is 12.5. The van der Waals surface area contributed by atoms with E-state index in [0.717, 1.165) is 19.3 Å². The number of nitrogens with zero attached hydrogens (tertiary/aromatic N) is 2. The molecule has 96 valence electrons. The summed E-state index contributed by atoms with van der Waals surface area (Å²) in [7, 11) is 0. The van der Waals surface area contributed by atoms with Crippen LogP contribution in [0.25, 0.3) is 0 Å². The first-order valence-corrected chi connectivity index (χ1v) is 6.06. The molecule has 1 aromatic rings. The summed E-state index contributed by atoms with van der Waals surface area (Å²) < 4.78 is 5.23. The maximum atomic E-state index is 11.9. The van der Waals surface area contributed by atoms with Gasteiger partial charge in [-0.2, -0.15) is 0 Å². The molecule has 0 bridgehead atoms. The molecular formula is C11H14N4O3. The van der Waals surface area contributed by atoms with Gasteiger partial charge in [0.1, 0.15) is 6.26 Å². The number of rotatable bonds is 3. The summed E-state index contributed by atoms with van der Waals surface area (Å²) in [4.78, 5) is 27.4. The van der Waals surface area contributed by atoms with E-state index >= 15 is 0 Å². The summed E-state index contributed by atoms with van der Waals surface area (Å²) in [6.45, 7) is 1.14. The molecule has 3 amide bonds. The molecule has 2 heterocycles. The molecule has 2 N–H and O–H groups in total. The Morgan fingerprint density at radius 3 is 3.11 bits per heavy atom. The lowest BCUT2D eigenvalue weighted by atomic mass is 10.3. The first kappa shape index (κ1) is 11.1. The summed E-state index contributed by atoms with van der Waals surface area (Å²) in [5.41, 5.74) is 2.74. The van der Waals surface area contributed by atoms with E-state index in [1.807, 2.05) is 0 Å². The van der Waals surface area contributed by atoms with Crippen LogP contribution in [0, 0.1) is 0 Å². The van der Waals surface area contributed by atoms with Crippen LogP contribution < -0.4 is 10.7 Å². The van der Waals surface area contributed by atoms with Crippen LogP contribution in [0.4, 0.5) is 4.79 Å². The highest BCUT2D eigenvalue weighted by atomic mass is 16.3. The van der Waals surface area contributed by atoms with E-state index in [1.54, 1.807) is 0 Å².